The molecule has 0 unspecified atom stereocenters. The normalized spacial score (nSPS) is 13.2. The molecule has 1 heterocycles. The molecule has 2 aromatic rings. The highest BCUT2D eigenvalue weighted by Gasteiger charge is 2.22. The lowest BCUT2D eigenvalue weighted by Crippen LogP contribution is -2.35. The topological polar surface area (TPSA) is 58.6 Å². The van der Waals surface area contributed by atoms with E-state index in [0.717, 1.165) is 5.56 Å². The Morgan fingerprint density at radius 2 is 2.08 bits per heavy atom. The molecule has 24 heavy (non-hydrogen) atoms. The molecule has 0 spiro atoms. The number of carbonyl (C=O) groups excluding carboxylic acids is 2. The number of amides is 2. The van der Waals surface area contributed by atoms with Crippen molar-refractivity contribution in [3.63, 3.8) is 0 Å². The van der Waals surface area contributed by atoms with Crippen LogP contribution >= 0.6 is 0 Å². The summed E-state index contributed by atoms with van der Waals surface area (Å²) in [5.74, 6) is -0.0796. The first kappa shape index (κ1) is 16.0. The van der Waals surface area contributed by atoms with Gasteiger partial charge in [-0.25, -0.2) is 4.39 Å². The molecule has 0 radical (unpaired) electrons. The minimum atomic E-state index is -0.344. The van der Waals surface area contributed by atoms with Crippen LogP contribution in [-0.2, 0) is 22.6 Å². The van der Waals surface area contributed by atoms with E-state index >= 15 is 0 Å². The molecule has 0 fully saturated rings. The zero-order valence-electron chi connectivity index (χ0n) is 13.2. The average molecular weight is 328 g/mol. The number of likely N-dealkylation sites (N-methyl/N-ethyl adjacent to an activating group) is 1. The van der Waals surface area contributed by atoms with Crippen LogP contribution in [0.5, 0.6) is 5.75 Å². The Morgan fingerprint density at radius 3 is 2.88 bits per heavy atom. The molecule has 0 bridgehead atoms. The summed E-state index contributed by atoms with van der Waals surface area (Å²) in [5.41, 5.74) is 1.84. The second-order valence-electron chi connectivity index (χ2n) is 5.59. The number of rotatable bonds is 4. The molecule has 0 saturated carbocycles. The standard InChI is InChI=1S/C18H17FN2O3/c1-21-15-8-12(6-7-16(15)24-11-18(21)23)9-17(22)20-10-13-4-2-3-5-14(13)19/h2-8H,9-11H2,1H3,(H,20,22). The van der Waals surface area contributed by atoms with Crippen LogP contribution in [0.25, 0.3) is 0 Å². The average Bonchev–Trinajstić information content (AvgIpc) is 2.58. The molecule has 0 saturated heterocycles. The lowest BCUT2D eigenvalue weighted by Gasteiger charge is -2.26. The summed E-state index contributed by atoms with van der Waals surface area (Å²) in [7, 11) is 1.67. The predicted molar refractivity (Wildman–Crippen MR) is 87.3 cm³/mol. The monoisotopic (exact) mass is 328 g/mol. The van der Waals surface area contributed by atoms with Crippen molar-refractivity contribution < 1.29 is 18.7 Å². The van der Waals surface area contributed by atoms with Crippen molar-refractivity contribution in [1.29, 1.82) is 0 Å². The Morgan fingerprint density at radius 1 is 1.29 bits per heavy atom. The van der Waals surface area contributed by atoms with Crippen LogP contribution < -0.4 is 15.0 Å². The number of ether oxygens (including phenoxy) is 1. The molecule has 0 atom stereocenters. The third kappa shape index (κ3) is 3.37. The minimum absolute atomic E-state index is 0.0198. The molecule has 5 nitrogen and oxygen atoms in total. The van der Waals surface area contributed by atoms with Gasteiger partial charge in [0.25, 0.3) is 5.91 Å². The van der Waals surface area contributed by atoms with E-state index in [9.17, 15) is 14.0 Å². The molecule has 1 aliphatic heterocycles. The smallest absolute Gasteiger partial charge is 0.264 e. The van der Waals surface area contributed by atoms with Crippen molar-refractivity contribution in [1.82, 2.24) is 5.32 Å². The van der Waals surface area contributed by atoms with Crippen molar-refractivity contribution in [3.8, 4) is 5.75 Å². The number of hydrogen-bond acceptors (Lipinski definition) is 3. The van der Waals surface area contributed by atoms with Crippen molar-refractivity contribution in [3.05, 3.63) is 59.4 Å². The molecule has 0 aromatic heterocycles. The maximum atomic E-state index is 13.5. The minimum Gasteiger partial charge on any atom is -0.482 e. The summed E-state index contributed by atoms with van der Waals surface area (Å²) in [4.78, 5) is 25.2. The van der Waals surface area contributed by atoms with Gasteiger partial charge in [-0.2, -0.15) is 0 Å². The fourth-order valence-corrected chi connectivity index (χ4v) is 2.51. The van der Waals surface area contributed by atoms with E-state index in [1.165, 1.54) is 11.0 Å². The van der Waals surface area contributed by atoms with E-state index in [-0.39, 0.29) is 37.2 Å². The predicted octanol–water partition coefficient (Wildman–Crippen LogP) is 2.04. The summed E-state index contributed by atoms with van der Waals surface area (Å²) >= 11 is 0. The highest BCUT2D eigenvalue weighted by atomic mass is 19.1. The van der Waals surface area contributed by atoms with Gasteiger partial charge in [0.1, 0.15) is 11.6 Å². The lowest BCUT2D eigenvalue weighted by molar-refractivity contribution is -0.121. The quantitative estimate of drug-likeness (QED) is 0.934. The van der Waals surface area contributed by atoms with Crippen molar-refractivity contribution in [2.24, 2.45) is 0 Å². The van der Waals surface area contributed by atoms with E-state index in [1.54, 1.807) is 43.4 Å². The molecule has 3 rings (SSSR count). The second kappa shape index (κ2) is 6.70. The molecule has 2 aromatic carbocycles. The van der Waals surface area contributed by atoms with E-state index in [2.05, 4.69) is 5.32 Å². The SMILES string of the molecule is CN1C(=O)COc2ccc(CC(=O)NCc3ccccc3F)cc21. The van der Waals surface area contributed by atoms with Crippen LogP contribution in [-0.4, -0.2) is 25.5 Å². The molecule has 1 N–H and O–H groups in total. The van der Waals surface area contributed by atoms with Gasteiger partial charge < -0.3 is 15.0 Å². The summed E-state index contributed by atoms with van der Waals surface area (Å²) in [5, 5.41) is 2.70. The molecular weight excluding hydrogens is 311 g/mol. The Balaban J connectivity index is 1.65. The van der Waals surface area contributed by atoms with E-state index in [0.29, 0.717) is 17.0 Å². The third-order valence-electron chi connectivity index (χ3n) is 3.91. The summed E-state index contributed by atoms with van der Waals surface area (Å²) in [6.07, 6.45) is 0.143. The summed E-state index contributed by atoms with van der Waals surface area (Å²) < 4.78 is 18.9. The Hall–Kier alpha value is -2.89. The maximum absolute atomic E-state index is 13.5. The van der Waals surface area contributed by atoms with Crippen LogP contribution in [0.4, 0.5) is 10.1 Å². The number of fused-ring (bicyclic) bond motifs is 1. The van der Waals surface area contributed by atoms with Gasteiger partial charge >= 0.3 is 0 Å². The molecule has 0 aliphatic carbocycles. The van der Waals surface area contributed by atoms with Crippen LogP contribution in [0.2, 0.25) is 0 Å². The summed E-state index contributed by atoms with van der Waals surface area (Å²) in [6.45, 7) is 0.157. The van der Waals surface area contributed by atoms with Gasteiger partial charge in [-0.15, -0.1) is 0 Å². The van der Waals surface area contributed by atoms with Gasteiger partial charge in [-0.05, 0) is 23.8 Å². The Kier molecular flexibility index (Phi) is 4.46. The Bertz CT molecular complexity index is 792. The van der Waals surface area contributed by atoms with Crippen LogP contribution in [0, 0.1) is 5.82 Å². The fraction of sp³-hybridized carbons (Fsp3) is 0.222. The van der Waals surface area contributed by atoms with E-state index < -0.39 is 0 Å². The fourth-order valence-electron chi connectivity index (χ4n) is 2.51. The number of carbonyl (C=O) groups is 2. The summed E-state index contributed by atoms with van der Waals surface area (Å²) in [6, 6.07) is 11.6. The number of nitrogens with one attached hydrogen (secondary N) is 1. The lowest BCUT2D eigenvalue weighted by atomic mass is 10.1. The van der Waals surface area contributed by atoms with Crippen molar-refractivity contribution in [2.45, 2.75) is 13.0 Å². The number of benzene rings is 2. The molecule has 6 heteroatoms. The Labute approximate surface area is 139 Å². The number of anilines is 1. The third-order valence-corrected chi connectivity index (χ3v) is 3.91. The van der Waals surface area contributed by atoms with Gasteiger partial charge in [0.05, 0.1) is 12.1 Å². The number of halogens is 1. The number of nitrogens with zero attached hydrogens (tertiary/aromatic N) is 1. The zero-order valence-corrected chi connectivity index (χ0v) is 13.2. The van der Waals surface area contributed by atoms with Gasteiger partial charge in [0.15, 0.2) is 6.61 Å². The molecule has 1 aliphatic rings. The van der Waals surface area contributed by atoms with E-state index in [1.807, 2.05) is 0 Å². The molecular formula is C18H17FN2O3. The first-order valence-electron chi connectivity index (χ1n) is 7.57. The zero-order chi connectivity index (χ0) is 17.1. The van der Waals surface area contributed by atoms with Crippen molar-refractivity contribution >= 4 is 17.5 Å². The molecule has 124 valence electrons. The first-order valence-corrected chi connectivity index (χ1v) is 7.57. The maximum Gasteiger partial charge on any atom is 0.264 e. The van der Waals surface area contributed by atoms with Gasteiger partial charge in [0.2, 0.25) is 5.91 Å². The largest absolute Gasteiger partial charge is 0.482 e. The molecule has 2 amide bonds. The highest BCUT2D eigenvalue weighted by Crippen LogP contribution is 2.32. The van der Waals surface area contributed by atoms with Crippen LogP contribution in [0.15, 0.2) is 42.5 Å². The van der Waals surface area contributed by atoms with Crippen molar-refractivity contribution in [2.75, 3.05) is 18.6 Å². The highest BCUT2D eigenvalue weighted by molar-refractivity contribution is 5.97. The number of hydrogen-bond donors (Lipinski definition) is 1. The van der Waals surface area contributed by atoms with Crippen LogP contribution in [0.1, 0.15) is 11.1 Å². The first-order chi connectivity index (χ1) is 11.5. The van der Waals surface area contributed by atoms with E-state index in [4.69, 9.17) is 4.74 Å². The van der Waals surface area contributed by atoms with Gasteiger partial charge in [-0.3, -0.25) is 9.59 Å². The second-order valence-corrected chi connectivity index (χ2v) is 5.59. The van der Waals surface area contributed by atoms with Gasteiger partial charge in [0, 0.05) is 19.2 Å². The van der Waals surface area contributed by atoms with Gasteiger partial charge in [-0.1, -0.05) is 24.3 Å². The van der Waals surface area contributed by atoms with Crippen LogP contribution in [0.3, 0.4) is 0 Å².